The number of piperazine rings is 1. The smallest absolute Gasteiger partial charge is 0.414 e. The molecule has 2 aromatic rings. The Morgan fingerprint density at radius 2 is 1.94 bits per heavy atom. The summed E-state index contributed by atoms with van der Waals surface area (Å²) < 4.78 is 5.06. The van der Waals surface area contributed by atoms with E-state index in [9.17, 15) is 14.9 Å². The molecule has 3 heterocycles. The topological polar surface area (TPSA) is 89.8 Å². The number of aryl methyl sites for hydroxylation is 2. The van der Waals surface area contributed by atoms with Gasteiger partial charge < -0.3 is 14.5 Å². The fourth-order valence-corrected chi connectivity index (χ4v) is 4.17. The molecule has 1 unspecified atom stereocenters. The number of nitriles is 1. The number of nitrogens with zero attached hydrogens (tertiary/aromatic N) is 5. The monoisotopic (exact) mass is 419 g/mol. The van der Waals surface area contributed by atoms with E-state index in [2.05, 4.69) is 22.0 Å². The van der Waals surface area contributed by atoms with Crippen molar-refractivity contribution in [2.24, 2.45) is 0 Å². The summed E-state index contributed by atoms with van der Waals surface area (Å²) in [5.41, 5.74) is 3.42. The van der Waals surface area contributed by atoms with E-state index in [-0.39, 0.29) is 17.5 Å². The molecule has 2 aliphatic rings. The van der Waals surface area contributed by atoms with Gasteiger partial charge in [0, 0.05) is 38.1 Å². The summed E-state index contributed by atoms with van der Waals surface area (Å²) in [7, 11) is 0. The average molecular weight is 419 g/mol. The maximum absolute atomic E-state index is 13.1. The molecule has 2 amide bonds. The fraction of sp³-hybridized carbons (Fsp3) is 0.391. The zero-order chi connectivity index (χ0) is 22.1. The summed E-state index contributed by atoms with van der Waals surface area (Å²) in [4.78, 5) is 35.1. The van der Waals surface area contributed by atoms with Gasteiger partial charge in [0.05, 0.1) is 17.2 Å². The molecule has 160 valence electrons. The Morgan fingerprint density at radius 3 is 2.55 bits per heavy atom. The van der Waals surface area contributed by atoms with Crippen LogP contribution in [0.5, 0.6) is 0 Å². The van der Waals surface area contributed by atoms with Crippen molar-refractivity contribution in [1.29, 1.82) is 5.26 Å². The van der Waals surface area contributed by atoms with E-state index in [1.54, 1.807) is 23.1 Å². The third-order valence-corrected chi connectivity index (χ3v) is 5.77. The van der Waals surface area contributed by atoms with Crippen molar-refractivity contribution in [3.8, 4) is 6.07 Å². The maximum atomic E-state index is 13.1. The first kappa shape index (κ1) is 20.7. The number of hydrogen-bond donors (Lipinski definition) is 0. The van der Waals surface area contributed by atoms with E-state index in [1.165, 1.54) is 4.90 Å². The second kappa shape index (κ2) is 8.26. The highest BCUT2D eigenvalue weighted by Gasteiger charge is 2.32. The molecule has 0 N–H and O–H groups in total. The second-order valence-electron chi connectivity index (χ2n) is 8.07. The van der Waals surface area contributed by atoms with Crippen LogP contribution >= 0.6 is 0 Å². The quantitative estimate of drug-likeness (QED) is 0.760. The van der Waals surface area contributed by atoms with E-state index in [4.69, 9.17) is 4.74 Å². The van der Waals surface area contributed by atoms with Crippen LogP contribution in [0.4, 0.5) is 16.3 Å². The van der Waals surface area contributed by atoms with Gasteiger partial charge in [0.1, 0.15) is 18.5 Å². The molecule has 31 heavy (non-hydrogen) atoms. The van der Waals surface area contributed by atoms with Crippen LogP contribution in [0.15, 0.2) is 30.5 Å². The van der Waals surface area contributed by atoms with Crippen LogP contribution in [0, 0.1) is 25.2 Å². The molecule has 2 fully saturated rings. The Hall–Kier alpha value is -3.60. The number of rotatable bonds is 3. The summed E-state index contributed by atoms with van der Waals surface area (Å²) in [6, 6.07) is 9.02. The zero-order valence-corrected chi connectivity index (χ0v) is 18.0. The first-order valence-electron chi connectivity index (χ1n) is 10.4. The summed E-state index contributed by atoms with van der Waals surface area (Å²) in [5, 5.41) is 9.64. The molecular weight excluding hydrogens is 394 g/mol. The number of carbonyl (C=O) groups excluding carboxylic acids is 2. The second-order valence-corrected chi connectivity index (χ2v) is 8.07. The Bertz CT molecular complexity index is 1070. The highest BCUT2D eigenvalue weighted by Crippen LogP contribution is 2.27. The van der Waals surface area contributed by atoms with Crippen LogP contribution in [0.25, 0.3) is 0 Å². The maximum Gasteiger partial charge on any atom is 0.414 e. The van der Waals surface area contributed by atoms with Crippen molar-refractivity contribution < 1.29 is 14.3 Å². The van der Waals surface area contributed by atoms with E-state index < -0.39 is 6.09 Å². The molecule has 0 aliphatic carbocycles. The number of anilines is 2. The molecular formula is C23H25N5O3. The van der Waals surface area contributed by atoms with Crippen LogP contribution in [0.3, 0.4) is 0 Å². The lowest BCUT2D eigenvalue weighted by molar-refractivity contribution is 0.0746. The van der Waals surface area contributed by atoms with Gasteiger partial charge in [-0.1, -0.05) is 6.07 Å². The molecule has 2 aliphatic heterocycles. The van der Waals surface area contributed by atoms with Crippen molar-refractivity contribution in [3.63, 3.8) is 0 Å². The van der Waals surface area contributed by atoms with Crippen LogP contribution in [-0.4, -0.2) is 60.7 Å². The predicted molar refractivity (Wildman–Crippen MR) is 116 cm³/mol. The van der Waals surface area contributed by atoms with Crippen LogP contribution < -0.4 is 9.80 Å². The summed E-state index contributed by atoms with van der Waals surface area (Å²) in [6.45, 7) is 8.71. The minimum absolute atomic E-state index is 0.118. The first-order valence-corrected chi connectivity index (χ1v) is 10.4. The molecule has 0 saturated carbocycles. The summed E-state index contributed by atoms with van der Waals surface area (Å²) in [6.07, 6.45) is 1.42. The van der Waals surface area contributed by atoms with Gasteiger partial charge in [-0.3, -0.25) is 9.69 Å². The largest absolute Gasteiger partial charge is 0.447 e. The van der Waals surface area contributed by atoms with Crippen molar-refractivity contribution in [3.05, 3.63) is 52.7 Å². The Kier molecular flexibility index (Phi) is 5.51. The number of pyridine rings is 1. The van der Waals surface area contributed by atoms with Gasteiger partial charge in [-0.05, 0) is 50.1 Å². The predicted octanol–water partition coefficient (Wildman–Crippen LogP) is 2.88. The number of carbonyl (C=O) groups is 2. The Morgan fingerprint density at radius 1 is 1.19 bits per heavy atom. The number of ether oxygens (including phenoxy) is 1. The molecule has 4 rings (SSSR count). The van der Waals surface area contributed by atoms with Gasteiger partial charge in [0.25, 0.3) is 5.91 Å². The van der Waals surface area contributed by atoms with E-state index in [0.717, 1.165) is 16.9 Å². The third kappa shape index (κ3) is 3.91. The number of cyclic esters (lactones) is 1. The van der Waals surface area contributed by atoms with Crippen molar-refractivity contribution in [1.82, 2.24) is 9.88 Å². The highest BCUT2D eigenvalue weighted by atomic mass is 16.6. The van der Waals surface area contributed by atoms with Crippen molar-refractivity contribution >= 4 is 23.5 Å². The van der Waals surface area contributed by atoms with Crippen molar-refractivity contribution in [2.45, 2.75) is 26.8 Å². The van der Waals surface area contributed by atoms with Gasteiger partial charge >= 0.3 is 6.09 Å². The van der Waals surface area contributed by atoms with Gasteiger partial charge in [-0.15, -0.1) is 0 Å². The van der Waals surface area contributed by atoms with Gasteiger partial charge in [-0.2, -0.15) is 5.26 Å². The standard InChI is InChI=1S/C23H25N5O3/c1-15-10-16(2)21(25-13-15)26-6-8-27(9-7-26)22(29)20-5-4-19(11-18(20)12-24)28-17(3)14-31-23(28)30/h4-5,10-11,13,17H,6-9,14H2,1-3H3. The Labute approximate surface area is 181 Å². The normalized spacial score (nSPS) is 18.7. The van der Waals surface area contributed by atoms with E-state index in [0.29, 0.717) is 44.0 Å². The lowest BCUT2D eigenvalue weighted by atomic mass is 10.0. The number of hydrogen-bond acceptors (Lipinski definition) is 6. The molecule has 0 radical (unpaired) electrons. The van der Waals surface area contributed by atoms with Gasteiger partial charge in [-0.25, -0.2) is 9.78 Å². The lowest BCUT2D eigenvalue weighted by Crippen LogP contribution is -2.49. The minimum atomic E-state index is -0.438. The van der Waals surface area contributed by atoms with Crippen LogP contribution in [-0.2, 0) is 4.74 Å². The lowest BCUT2D eigenvalue weighted by Gasteiger charge is -2.36. The van der Waals surface area contributed by atoms with E-state index >= 15 is 0 Å². The summed E-state index contributed by atoms with van der Waals surface area (Å²) in [5.74, 6) is 0.778. The molecule has 8 nitrogen and oxygen atoms in total. The van der Waals surface area contributed by atoms with Crippen molar-refractivity contribution in [2.75, 3.05) is 42.6 Å². The molecule has 0 spiro atoms. The van der Waals surface area contributed by atoms with Crippen LogP contribution in [0.1, 0.15) is 34.0 Å². The molecule has 1 aromatic heterocycles. The van der Waals surface area contributed by atoms with Crippen LogP contribution in [0.2, 0.25) is 0 Å². The molecule has 0 bridgehead atoms. The number of benzene rings is 1. The van der Waals surface area contributed by atoms with Gasteiger partial charge in [0.15, 0.2) is 0 Å². The van der Waals surface area contributed by atoms with Gasteiger partial charge in [0.2, 0.25) is 0 Å². The zero-order valence-electron chi connectivity index (χ0n) is 18.0. The minimum Gasteiger partial charge on any atom is -0.447 e. The SMILES string of the molecule is Cc1cnc(N2CCN(C(=O)c3ccc(N4C(=O)OCC4C)cc3C#N)CC2)c(C)c1. The Balaban J connectivity index is 1.49. The fourth-order valence-electron chi connectivity index (χ4n) is 4.17. The first-order chi connectivity index (χ1) is 14.9. The highest BCUT2D eigenvalue weighted by molar-refractivity contribution is 5.98. The average Bonchev–Trinajstić information content (AvgIpc) is 3.11. The number of amides is 2. The van der Waals surface area contributed by atoms with E-state index in [1.807, 2.05) is 27.0 Å². The number of aromatic nitrogens is 1. The molecule has 2 saturated heterocycles. The molecule has 1 aromatic carbocycles. The molecule has 8 heteroatoms. The summed E-state index contributed by atoms with van der Waals surface area (Å²) >= 11 is 0. The third-order valence-electron chi connectivity index (χ3n) is 5.77. The molecule has 1 atom stereocenters.